The van der Waals surface area contributed by atoms with E-state index in [2.05, 4.69) is 0 Å². The number of furan rings is 1. The van der Waals surface area contributed by atoms with Gasteiger partial charge in [-0.2, -0.15) is 0 Å². The largest absolute Gasteiger partial charge is 0.486 e. The Hall–Kier alpha value is -4.39. The van der Waals surface area contributed by atoms with Crippen molar-refractivity contribution in [1.82, 2.24) is 5.06 Å². The van der Waals surface area contributed by atoms with Crippen LogP contribution in [-0.4, -0.2) is 22.8 Å². The van der Waals surface area contributed by atoms with Crippen LogP contribution in [0.1, 0.15) is 37.0 Å². The zero-order valence-corrected chi connectivity index (χ0v) is 16.1. The number of hydrogen-bond acceptors (Lipinski definition) is 6. The number of carbonyl (C=O) groups excluding carboxylic acids is 3. The van der Waals surface area contributed by atoms with Crippen LogP contribution in [0, 0.1) is 0 Å². The number of fused-ring (bicyclic) bond motifs is 2. The molecule has 0 saturated heterocycles. The van der Waals surface area contributed by atoms with E-state index in [0.717, 1.165) is 10.8 Å². The van der Waals surface area contributed by atoms with Crippen molar-refractivity contribution >= 4 is 28.6 Å². The lowest BCUT2D eigenvalue weighted by molar-refractivity contribution is -0.0604. The van der Waals surface area contributed by atoms with Crippen molar-refractivity contribution in [1.29, 1.82) is 0 Å². The van der Waals surface area contributed by atoms with Crippen LogP contribution in [0.5, 0.6) is 5.75 Å². The molecule has 0 bridgehead atoms. The molecule has 7 heteroatoms. The van der Waals surface area contributed by atoms with E-state index in [9.17, 15) is 14.4 Å². The van der Waals surface area contributed by atoms with Crippen molar-refractivity contribution in [3.05, 3.63) is 102 Å². The molecule has 0 radical (unpaired) electrons. The molecule has 1 aromatic heterocycles. The molecule has 0 atom stereocenters. The van der Waals surface area contributed by atoms with Crippen LogP contribution in [0.2, 0.25) is 0 Å². The first-order valence-corrected chi connectivity index (χ1v) is 9.50. The minimum Gasteiger partial charge on any atom is -0.486 e. The van der Waals surface area contributed by atoms with Gasteiger partial charge in [0.25, 0.3) is 11.8 Å². The number of rotatable bonds is 5. The van der Waals surface area contributed by atoms with Crippen molar-refractivity contribution in [2.45, 2.75) is 6.61 Å². The number of hydrogen-bond donors (Lipinski definition) is 0. The highest BCUT2D eigenvalue weighted by atomic mass is 16.7. The molecule has 2 heterocycles. The standard InChI is InChI=1S/C24H15NO6/c26-22-19-7-3-4-8-20(19)23(27)25(22)31-24(28)21-12-11-18(30-21)14-29-17-10-9-15-5-1-2-6-16(15)13-17/h1-13H,14H2. The van der Waals surface area contributed by atoms with E-state index in [1.165, 1.54) is 18.2 Å². The molecule has 0 N–H and O–H groups in total. The summed E-state index contributed by atoms with van der Waals surface area (Å²) in [6.45, 7) is 0.0959. The molecule has 3 aromatic carbocycles. The van der Waals surface area contributed by atoms with Gasteiger partial charge in [0.1, 0.15) is 18.1 Å². The summed E-state index contributed by atoms with van der Waals surface area (Å²) < 4.78 is 11.2. The number of carbonyl (C=O) groups is 3. The van der Waals surface area contributed by atoms with Gasteiger partial charge in [0.15, 0.2) is 0 Å². The number of hydroxylamine groups is 2. The normalized spacial score (nSPS) is 12.8. The van der Waals surface area contributed by atoms with Gasteiger partial charge in [-0.1, -0.05) is 47.5 Å². The van der Waals surface area contributed by atoms with Crippen LogP contribution in [0.25, 0.3) is 10.8 Å². The Kier molecular flexibility index (Phi) is 4.48. The lowest BCUT2D eigenvalue weighted by Gasteiger charge is -2.11. The van der Waals surface area contributed by atoms with Gasteiger partial charge in [0.05, 0.1) is 11.1 Å². The molecule has 0 saturated carbocycles. The van der Waals surface area contributed by atoms with Gasteiger partial charge in [0.2, 0.25) is 5.76 Å². The Morgan fingerprint density at radius 2 is 1.48 bits per heavy atom. The maximum absolute atomic E-state index is 12.4. The summed E-state index contributed by atoms with van der Waals surface area (Å²) in [4.78, 5) is 42.0. The molecular weight excluding hydrogens is 398 g/mol. The van der Waals surface area contributed by atoms with Gasteiger partial charge in [0, 0.05) is 0 Å². The summed E-state index contributed by atoms with van der Waals surface area (Å²) in [5.74, 6) is -1.44. The predicted molar refractivity (Wildman–Crippen MR) is 109 cm³/mol. The zero-order valence-electron chi connectivity index (χ0n) is 16.1. The molecule has 0 spiro atoms. The minimum atomic E-state index is -0.952. The lowest BCUT2D eigenvalue weighted by atomic mass is 10.1. The van der Waals surface area contributed by atoms with E-state index in [-0.39, 0.29) is 23.5 Å². The fourth-order valence-electron chi connectivity index (χ4n) is 3.35. The number of amides is 2. The third-order valence-corrected chi connectivity index (χ3v) is 4.90. The van der Waals surface area contributed by atoms with E-state index in [4.69, 9.17) is 14.0 Å². The Balaban J connectivity index is 1.24. The number of imide groups is 1. The summed E-state index contributed by atoms with van der Waals surface area (Å²) in [5, 5.41) is 2.59. The topological polar surface area (TPSA) is 86.0 Å². The molecule has 2 amide bonds. The molecule has 1 aliphatic heterocycles. The summed E-state index contributed by atoms with van der Waals surface area (Å²) in [7, 11) is 0. The van der Waals surface area contributed by atoms with Crippen molar-refractivity contribution in [3.63, 3.8) is 0 Å². The highest BCUT2D eigenvalue weighted by molar-refractivity contribution is 6.21. The third kappa shape index (κ3) is 3.42. The third-order valence-electron chi connectivity index (χ3n) is 4.90. The maximum Gasteiger partial charge on any atom is 0.399 e. The van der Waals surface area contributed by atoms with Crippen LogP contribution in [0.4, 0.5) is 0 Å². The van der Waals surface area contributed by atoms with Gasteiger partial charge < -0.3 is 14.0 Å². The fourth-order valence-corrected chi connectivity index (χ4v) is 3.35. The molecule has 0 fully saturated rings. The van der Waals surface area contributed by atoms with E-state index in [1.54, 1.807) is 18.2 Å². The number of nitrogens with zero attached hydrogens (tertiary/aromatic N) is 1. The second-order valence-electron chi connectivity index (χ2n) is 6.89. The van der Waals surface area contributed by atoms with Gasteiger partial charge in [-0.15, -0.1) is 0 Å². The first-order chi connectivity index (χ1) is 15.1. The monoisotopic (exact) mass is 413 g/mol. The Labute approximate surface area is 176 Å². The summed E-state index contributed by atoms with van der Waals surface area (Å²) in [6.07, 6.45) is 0. The summed E-state index contributed by atoms with van der Waals surface area (Å²) in [5.41, 5.74) is 0.369. The summed E-state index contributed by atoms with van der Waals surface area (Å²) in [6, 6.07) is 22.9. The average Bonchev–Trinajstić information content (AvgIpc) is 3.37. The van der Waals surface area contributed by atoms with Crippen molar-refractivity contribution < 1.29 is 28.4 Å². The Morgan fingerprint density at radius 3 is 2.23 bits per heavy atom. The molecule has 1 aliphatic rings. The van der Waals surface area contributed by atoms with E-state index in [0.29, 0.717) is 16.6 Å². The van der Waals surface area contributed by atoms with Crippen LogP contribution >= 0.6 is 0 Å². The second-order valence-corrected chi connectivity index (χ2v) is 6.89. The first-order valence-electron chi connectivity index (χ1n) is 9.50. The summed E-state index contributed by atoms with van der Waals surface area (Å²) >= 11 is 0. The van der Waals surface area contributed by atoms with Gasteiger partial charge in [-0.25, -0.2) is 4.79 Å². The Morgan fingerprint density at radius 1 is 0.806 bits per heavy atom. The number of benzene rings is 3. The van der Waals surface area contributed by atoms with Crippen LogP contribution in [0.3, 0.4) is 0 Å². The van der Waals surface area contributed by atoms with E-state index in [1.807, 2.05) is 42.5 Å². The SMILES string of the molecule is O=C(ON1C(=O)c2ccccc2C1=O)c1ccc(COc2ccc3ccccc3c2)o1. The zero-order chi connectivity index (χ0) is 21.4. The molecule has 5 rings (SSSR count). The lowest BCUT2D eigenvalue weighted by Crippen LogP contribution is -2.32. The van der Waals surface area contributed by atoms with Crippen LogP contribution in [-0.2, 0) is 11.4 Å². The van der Waals surface area contributed by atoms with Gasteiger partial charge in [-0.05, 0) is 47.2 Å². The van der Waals surface area contributed by atoms with E-state index < -0.39 is 17.8 Å². The van der Waals surface area contributed by atoms with Crippen molar-refractivity contribution in [2.75, 3.05) is 0 Å². The Bertz CT molecular complexity index is 1300. The predicted octanol–water partition coefficient (Wildman–Crippen LogP) is 4.38. The highest BCUT2D eigenvalue weighted by Crippen LogP contribution is 2.24. The van der Waals surface area contributed by atoms with Crippen LogP contribution in [0.15, 0.2) is 83.3 Å². The maximum atomic E-state index is 12.4. The highest BCUT2D eigenvalue weighted by Gasteiger charge is 2.39. The van der Waals surface area contributed by atoms with Crippen molar-refractivity contribution in [3.8, 4) is 5.75 Å². The molecule has 152 valence electrons. The molecule has 4 aromatic rings. The first kappa shape index (κ1) is 18.6. The molecule has 0 aliphatic carbocycles. The molecule has 31 heavy (non-hydrogen) atoms. The average molecular weight is 413 g/mol. The fraction of sp³-hybridized carbons (Fsp3) is 0.0417. The van der Waals surface area contributed by atoms with Crippen molar-refractivity contribution in [2.24, 2.45) is 0 Å². The quantitative estimate of drug-likeness (QED) is 0.452. The van der Waals surface area contributed by atoms with Gasteiger partial charge >= 0.3 is 5.97 Å². The molecular formula is C24H15NO6. The van der Waals surface area contributed by atoms with Crippen LogP contribution < -0.4 is 4.74 Å². The van der Waals surface area contributed by atoms with E-state index >= 15 is 0 Å². The molecule has 7 nitrogen and oxygen atoms in total. The minimum absolute atomic E-state index is 0.0959. The second kappa shape index (κ2) is 7.46. The smallest absolute Gasteiger partial charge is 0.399 e. The van der Waals surface area contributed by atoms with Gasteiger partial charge in [-0.3, -0.25) is 9.59 Å². The molecule has 0 unspecified atom stereocenters. The number of ether oxygens (including phenoxy) is 1.